The Bertz CT molecular complexity index is 1370. The molecule has 2 aromatic carbocycles. The summed E-state index contributed by atoms with van der Waals surface area (Å²) in [6, 6.07) is 9.25. The topological polar surface area (TPSA) is 111 Å². The van der Waals surface area contributed by atoms with E-state index in [1.807, 2.05) is 0 Å². The number of para-hydroxylation sites is 1. The molecule has 9 nitrogen and oxygen atoms in total. The molecule has 2 aliphatic rings. The number of ether oxygens (including phenoxy) is 1. The number of nitrogens with two attached hydrogens (primary N) is 1. The van der Waals surface area contributed by atoms with Gasteiger partial charge in [0, 0.05) is 17.5 Å². The molecule has 1 saturated carbocycles. The zero-order valence-electron chi connectivity index (χ0n) is 18.5. The van der Waals surface area contributed by atoms with Crippen LogP contribution in [0.2, 0.25) is 0 Å². The monoisotopic (exact) mass is 505 g/mol. The van der Waals surface area contributed by atoms with E-state index in [4.69, 9.17) is 5.73 Å². The Morgan fingerprint density at radius 2 is 1.86 bits per heavy atom. The Balaban J connectivity index is 1.37. The van der Waals surface area contributed by atoms with E-state index in [1.54, 1.807) is 24.3 Å². The van der Waals surface area contributed by atoms with Crippen LogP contribution in [0.5, 0.6) is 5.75 Å². The fourth-order valence-corrected chi connectivity index (χ4v) is 4.74. The van der Waals surface area contributed by atoms with Gasteiger partial charge < -0.3 is 15.4 Å². The van der Waals surface area contributed by atoms with Crippen LogP contribution in [0.4, 0.5) is 23.3 Å². The second-order valence-corrected chi connectivity index (χ2v) is 8.67. The molecule has 188 valence electrons. The summed E-state index contributed by atoms with van der Waals surface area (Å²) < 4.78 is 57.7. The van der Waals surface area contributed by atoms with Gasteiger partial charge in [0.2, 0.25) is 5.91 Å². The second-order valence-electron chi connectivity index (χ2n) is 8.67. The lowest BCUT2D eigenvalue weighted by molar-refractivity contribution is -0.274. The number of rotatable bonds is 6. The van der Waals surface area contributed by atoms with Crippen molar-refractivity contribution in [2.24, 2.45) is 11.7 Å². The van der Waals surface area contributed by atoms with E-state index in [2.05, 4.69) is 9.84 Å². The maximum atomic E-state index is 15.0. The molecule has 2 heterocycles. The first-order valence-electron chi connectivity index (χ1n) is 11.0. The smallest absolute Gasteiger partial charge is 0.406 e. The van der Waals surface area contributed by atoms with Crippen LogP contribution in [0, 0.1) is 5.92 Å². The lowest BCUT2D eigenvalue weighted by Crippen LogP contribution is -2.48. The number of fused-ring (bicyclic) bond motifs is 2. The van der Waals surface area contributed by atoms with E-state index in [1.165, 1.54) is 9.58 Å². The van der Waals surface area contributed by atoms with Crippen LogP contribution in [0.1, 0.15) is 23.3 Å². The lowest BCUT2D eigenvalue weighted by Gasteiger charge is -2.28. The van der Waals surface area contributed by atoms with Gasteiger partial charge in [0.25, 0.3) is 11.8 Å². The number of nitrogens with zero attached hydrogens (tertiary/aromatic N) is 4. The maximum absolute atomic E-state index is 15.0. The van der Waals surface area contributed by atoms with Crippen molar-refractivity contribution in [3.63, 3.8) is 0 Å². The number of primary amides is 1. The SMILES string of the molecule is NC(=O)c1nn(CC(=O)N2[C@@H]3C[C@@H]3C[C@H]2C(=O)N(F)c2cccc(OC(F)(F)F)c2)c2ccccc12. The predicted molar refractivity (Wildman–Crippen MR) is 117 cm³/mol. The van der Waals surface area contributed by atoms with Crippen LogP contribution in [0.25, 0.3) is 10.9 Å². The number of carbonyl (C=O) groups excluding carboxylic acids is 3. The number of hydrogen-bond donors (Lipinski definition) is 1. The summed E-state index contributed by atoms with van der Waals surface area (Å²) in [6.45, 7) is -0.317. The van der Waals surface area contributed by atoms with Gasteiger partial charge in [-0.05, 0) is 37.0 Å². The van der Waals surface area contributed by atoms with E-state index in [0.717, 1.165) is 24.3 Å². The summed E-state index contributed by atoms with van der Waals surface area (Å²) in [5.41, 5.74) is 5.42. The normalized spacial score (nSPS) is 20.8. The third-order valence-corrected chi connectivity index (χ3v) is 6.33. The summed E-state index contributed by atoms with van der Waals surface area (Å²) in [5.74, 6) is -3.02. The number of benzene rings is 2. The van der Waals surface area contributed by atoms with Crippen LogP contribution in [0.15, 0.2) is 48.5 Å². The molecule has 2 N–H and O–H groups in total. The number of alkyl halides is 3. The Morgan fingerprint density at radius 3 is 2.58 bits per heavy atom. The van der Waals surface area contributed by atoms with E-state index in [9.17, 15) is 27.6 Å². The highest BCUT2D eigenvalue weighted by atomic mass is 19.4. The molecule has 1 aliphatic carbocycles. The lowest BCUT2D eigenvalue weighted by atomic mass is 10.1. The van der Waals surface area contributed by atoms with Crippen LogP contribution in [-0.4, -0.2) is 50.8 Å². The number of aromatic nitrogens is 2. The van der Waals surface area contributed by atoms with Crippen molar-refractivity contribution in [2.75, 3.05) is 5.12 Å². The molecule has 5 rings (SSSR count). The molecule has 3 aromatic rings. The minimum atomic E-state index is -4.98. The Labute approximate surface area is 200 Å². The number of hydrogen-bond acceptors (Lipinski definition) is 5. The molecule has 2 fully saturated rings. The molecule has 1 aliphatic heterocycles. The standard InChI is InChI=1S/C23H19F4N5O4/c24-23(25,26)36-14-5-3-4-13(10-14)32(27)22(35)18-9-12-8-17(12)31(18)19(33)11-30-16-7-2-1-6-15(16)20(29-30)21(28)34/h1-7,10,12,17-18H,8-9,11H2,(H2,28,34)/t12-,17-,18+/m1/s1. The van der Waals surface area contributed by atoms with Crippen LogP contribution in [-0.2, 0) is 16.1 Å². The average molecular weight is 505 g/mol. The molecule has 0 unspecified atom stereocenters. The van der Waals surface area contributed by atoms with Crippen molar-refractivity contribution in [1.29, 1.82) is 0 Å². The highest BCUT2D eigenvalue weighted by Gasteiger charge is 2.57. The predicted octanol–water partition coefficient (Wildman–Crippen LogP) is 2.94. The van der Waals surface area contributed by atoms with Gasteiger partial charge in [-0.1, -0.05) is 28.7 Å². The molecule has 3 amide bonds. The van der Waals surface area contributed by atoms with Crippen molar-refractivity contribution in [1.82, 2.24) is 14.7 Å². The molecule has 0 radical (unpaired) electrons. The second kappa shape index (κ2) is 8.50. The first-order chi connectivity index (χ1) is 17.0. The summed E-state index contributed by atoms with van der Waals surface area (Å²) >= 11 is 0. The number of likely N-dealkylation sites (tertiary alicyclic amines) is 1. The third kappa shape index (κ3) is 4.32. The van der Waals surface area contributed by atoms with Gasteiger partial charge in [-0.3, -0.25) is 19.1 Å². The minimum Gasteiger partial charge on any atom is -0.406 e. The minimum absolute atomic E-state index is 0.00682. The summed E-state index contributed by atoms with van der Waals surface area (Å²) in [7, 11) is 0. The zero-order valence-corrected chi connectivity index (χ0v) is 18.5. The number of amides is 3. The Kier molecular flexibility index (Phi) is 5.57. The van der Waals surface area contributed by atoms with Gasteiger partial charge in [-0.15, -0.1) is 18.3 Å². The van der Waals surface area contributed by atoms with Crippen LogP contribution < -0.4 is 15.6 Å². The molecule has 1 aromatic heterocycles. The van der Waals surface area contributed by atoms with Crippen molar-refractivity contribution in [3.05, 3.63) is 54.2 Å². The van der Waals surface area contributed by atoms with Gasteiger partial charge in [0.15, 0.2) is 5.69 Å². The molecular weight excluding hydrogens is 486 g/mol. The molecule has 1 saturated heterocycles. The van der Waals surface area contributed by atoms with E-state index in [-0.39, 0.29) is 35.7 Å². The Hall–Kier alpha value is -4.16. The molecular formula is C23H19F4N5O4. The zero-order chi connectivity index (χ0) is 25.8. The molecule has 0 spiro atoms. The van der Waals surface area contributed by atoms with Gasteiger partial charge in [-0.25, -0.2) is 0 Å². The first-order valence-corrected chi connectivity index (χ1v) is 11.0. The fraction of sp³-hybridized carbons (Fsp3) is 0.304. The third-order valence-electron chi connectivity index (χ3n) is 6.33. The van der Waals surface area contributed by atoms with Gasteiger partial charge in [0.05, 0.1) is 11.2 Å². The number of halogens is 4. The summed E-state index contributed by atoms with van der Waals surface area (Å²) in [4.78, 5) is 39.3. The molecule has 3 atom stereocenters. The molecule has 0 bridgehead atoms. The highest BCUT2D eigenvalue weighted by Crippen LogP contribution is 2.48. The van der Waals surface area contributed by atoms with Crippen LogP contribution in [0.3, 0.4) is 0 Å². The summed E-state index contributed by atoms with van der Waals surface area (Å²) in [6.07, 6.45) is -4.10. The van der Waals surface area contributed by atoms with Crippen molar-refractivity contribution in [2.45, 2.75) is 37.8 Å². The van der Waals surface area contributed by atoms with Crippen LogP contribution >= 0.6 is 0 Å². The van der Waals surface area contributed by atoms with E-state index in [0.29, 0.717) is 17.3 Å². The van der Waals surface area contributed by atoms with Gasteiger partial charge in [-0.2, -0.15) is 5.10 Å². The van der Waals surface area contributed by atoms with Crippen molar-refractivity contribution in [3.8, 4) is 5.75 Å². The largest absolute Gasteiger partial charge is 0.573 e. The van der Waals surface area contributed by atoms with Gasteiger partial charge >= 0.3 is 6.36 Å². The average Bonchev–Trinajstić information content (AvgIpc) is 3.32. The number of anilines is 1. The quantitative estimate of drug-likeness (QED) is 0.409. The molecule has 13 heteroatoms. The number of carbonyl (C=O) groups is 3. The fourth-order valence-electron chi connectivity index (χ4n) is 4.74. The van der Waals surface area contributed by atoms with Crippen molar-refractivity contribution < 1.29 is 36.8 Å². The van der Waals surface area contributed by atoms with E-state index < -0.39 is 41.6 Å². The first kappa shape index (κ1) is 23.6. The maximum Gasteiger partial charge on any atom is 0.573 e. The van der Waals surface area contributed by atoms with E-state index >= 15 is 4.48 Å². The number of piperidine rings is 1. The summed E-state index contributed by atoms with van der Waals surface area (Å²) in [5, 5.41) is 4.34. The van der Waals surface area contributed by atoms with Gasteiger partial charge in [0.1, 0.15) is 18.3 Å². The van der Waals surface area contributed by atoms with Crippen molar-refractivity contribution >= 4 is 34.3 Å². The highest BCUT2D eigenvalue weighted by molar-refractivity contribution is 6.04. The Morgan fingerprint density at radius 1 is 1.11 bits per heavy atom. The molecule has 36 heavy (non-hydrogen) atoms.